The van der Waals surface area contributed by atoms with E-state index in [-0.39, 0.29) is 39.2 Å². The minimum absolute atomic E-state index is 0.0880. The van der Waals surface area contributed by atoms with Crippen LogP contribution in [0.3, 0.4) is 0 Å². The van der Waals surface area contributed by atoms with Gasteiger partial charge in [-0.25, -0.2) is 29.0 Å². The molecule has 6 amide bonds. The summed E-state index contributed by atoms with van der Waals surface area (Å²) in [6.45, 7) is 18.4. The van der Waals surface area contributed by atoms with Gasteiger partial charge in [0.05, 0.1) is 0 Å². The Morgan fingerprint density at radius 2 is 0.894 bits per heavy atom. The number of hydrogen-bond donors (Lipinski definition) is 3. The third kappa shape index (κ3) is 20.3. The monoisotopic (exact) mass is 674 g/mol. The van der Waals surface area contributed by atoms with Gasteiger partial charge in [0.15, 0.2) is 0 Å². The van der Waals surface area contributed by atoms with E-state index in [1.165, 1.54) is 0 Å². The van der Waals surface area contributed by atoms with Crippen molar-refractivity contribution in [3.05, 3.63) is 0 Å². The van der Waals surface area contributed by atoms with Crippen molar-refractivity contribution in [1.29, 1.82) is 0 Å². The fourth-order valence-corrected chi connectivity index (χ4v) is 3.75. The van der Waals surface area contributed by atoms with E-state index in [1.54, 1.807) is 83.1 Å². The van der Waals surface area contributed by atoms with Crippen LogP contribution in [-0.2, 0) is 28.5 Å². The van der Waals surface area contributed by atoms with Gasteiger partial charge < -0.3 is 34.7 Å². The fourth-order valence-electron chi connectivity index (χ4n) is 3.75. The smallest absolute Gasteiger partial charge is 0.417 e. The number of rotatable bonds is 13. The second-order valence-electron chi connectivity index (χ2n) is 14.9. The molecule has 0 heterocycles. The first kappa shape index (κ1) is 43.4. The minimum Gasteiger partial charge on any atom is -0.444 e. The van der Waals surface area contributed by atoms with Crippen LogP contribution in [0.2, 0.25) is 0 Å². The number of imide groups is 2. The van der Waals surface area contributed by atoms with Crippen LogP contribution in [0.25, 0.3) is 0 Å². The van der Waals surface area contributed by atoms with Crippen LogP contribution in [0.15, 0.2) is 0 Å². The number of aliphatic hydroxyl groups is 1. The van der Waals surface area contributed by atoms with Gasteiger partial charge >= 0.3 is 24.4 Å². The Balaban J connectivity index is 6.47. The zero-order chi connectivity index (χ0) is 36.8. The van der Waals surface area contributed by atoms with E-state index in [2.05, 4.69) is 10.6 Å². The quantitative estimate of drug-likeness (QED) is 0.139. The van der Waals surface area contributed by atoms with Crippen molar-refractivity contribution >= 4 is 36.2 Å². The summed E-state index contributed by atoms with van der Waals surface area (Å²) in [6.07, 6.45) is -2.62. The molecular formula is C32H58N4O11. The average Bonchev–Trinajstić information content (AvgIpc) is 2.84. The Bertz CT molecular complexity index is 989. The van der Waals surface area contributed by atoms with Gasteiger partial charge in [0.1, 0.15) is 28.3 Å². The number of nitrogens with zero attached hydrogens (tertiary/aromatic N) is 2. The molecule has 0 aliphatic carbocycles. The molecular weight excluding hydrogens is 616 g/mol. The third-order valence-corrected chi connectivity index (χ3v) is 5.51. The normalized spacial score (nSPS) is 12.1. The second kappa shape index (κ2) is 18.6. The average molecular weight is 675 g/mol. The van der Waals surface area contributed by atoms with Crippen molar-refractivity contribution in [2.75, 3.05) is 32.8 Å². The van der Waals surface area contributed by atoms with Crippen molar-refractivity contribution < 1.29 is 52.8 Å². The summed E-state index contributed by atoms with van der Waals surface area (Å²) >= 11 is 0. The highest BCUT2D eigenvalue weighted by Gasteiger charge is 2.40. The number of amides is 6. The van der Waals surface area contributed by atoms with Crippen molar-refractivity contribution in [2.45, 2.75) is 131 Å². The fraction of sp³-hybridized carbons (Fsp3) is 0.812. The molecule has 0 aromatic rings. The molecule has 0 aliphatic heterocycles. The Hall–Kier alpha value is -3.62. The SMILES string of the molecule is CC(C)(C)OC(=O)NCCN(C(=O)OC(C)(C)C)C(=O)C(CCCCCO)C(=O)N(CCNC(=O)OC(C)(C)C)C(=O)OC(C)(C)C. The lowest BCUT2D eigenvalue weighted by Gasteiger charge is -2.31. The highest BCUT2D eigenvalue weighted by molar-refractivity contribution is 6.08. The third-order valence-electron chi connectivity index (χ3n) is 5.51. The van der Waals surface area contributed by atoms with Gasteiger partial charge in [-0.3, -0.25) is 9.59 Å². The zero-order valence-corrected chi connectivity index (χ0v) is 30.4. The topological polar surface area (TPSA) is 190 Å². The molecule has 0 rings (SSSR count). The number of unbranched alkanes of at least 4 members (excludes halogenated alkanes) is 2. The van der Waals surface area contributed by atoms with E-state index in [1.807, 2.05) is 0 Å². The van der Waals surface area contributed by atoms with E-state index in [0.29, 0.717) is 29.1 Å². The summed E-state index contributed by atoms with van der Waals surface area (Å²) in [5.74, 6) is -3.49. The van der Waals surface area contributed by atoms with Crippen molar-refractivity contribution in [3.63, 3.8) is 0 Å². The predicted octanol–water partition coefficient (Wildman–Crippen LogP) is 4.73. The molecule has 0 fully saturated rings. The highest BCUT2D eigenvalue weighted by Crippen LogP contribution is 2.21. The predicted molar refractivity (Wildman–Crippen MR) is 173 cm³/mol. The van der Waals surface area contributed by atoms with Gasteiger partial charge in [0.2, 0.25) is 11.8 Å². The molecule has 15 nitrogen and oxygen atoms in total. The maximum Gasteiger partial charge on any atom is 0.417 e. The molecule has 272 valence electrons. The van der Waals surface area contributed by atoms with Crippen LogP contribution in [0.1, 0.15) is 109 Å². The number of carbonyl (C=O) groups is 6. The molecule has 0 radical (unpaired) electrons. The van der Waals surface area contributed by atoms with Gasteiger partial charge in [-0.2, -0.15) is 0 Å². The van der Waals surface area contributed by atoms with Crippen LogP contribution in [0, 0.1) is 5.92 Å². The van der Waals surface area contributed by atoms with Crippen LogP contribution in [0.4, 0.5) is 19.2 Å². The number of aliphatic hydroxyl groups excluding tert-OH is 1. The molecule has 0 atom stereocenters. The standard InChI is InChI=1S/C32H58N4O11/c1-29(2,3)44-25(40)33-17-19-35(27(42)46-31(7,8)9)23(38)22(16-14-13-15-21-37)24(39)36(28(43)47-32(10,11)12)20-18-34-26(41)45-30(4,5)6/h22,37H,13-21H2,1-12H3,(H,33,40)(H,34,41). The van der Waals surface area contributed by atoms with Gasteiger partial charge in [-0.15, -0.1) is 0 Å². The first-order valence-electron chi connectivity index (χ1n) is 15.9. The van der Waals surface area contributed by atoms with Gasteiger partial charge in [0.25, 0.3) is 0 Å². The first-order valence-corrected chi connectivity index (χ1v) is 15.9. The highest BCUT2D eigenvalue weighted by atomic mass is 16.6. The first-order chi connectivity index (χ1) is 21.3. The van der Waals surface area contributed by atoms with Crippen molar-refractivity contribution in [3.8, 4) is 0 Å². The van der Waals surface area contributed by atoms with E-state index in [9.17, 15) is 33.9 Å². The molecule has 0 aliphatic rings. The molecule has 0 aromatic heterocycles. The van der Waals surface area contributed by atoms with Crippen molar-refractivity contribution in [1.82, 2.24) is 20.4 Å². The molecule has 0 spiro atoms. The molecule has 3 N–H and O–H groups in total. The lowest BCUT2D eigenvalue weighted by Crippen LogP contribution is -2.53. The Labute approximate surface area is 279 Å². The summed E-state index contributed by atoms with van der Waals surface area (Å²) in [6, 6.07) is 0. The zero-order valence-electron chi connectivity index (χ0n) is 30.4. The van der Waals surface area contributed by atoms with Crippen LogP contribution in [0.5, 0.6) is 0 Å². The van der Waals surface area contributed by atoms with Gasteiger partial charge in [-0.05, 0) is 95.9 Å². The maximum atomic E-state index is 14.1. The molecule has 0 saturated carbocycles. The lowest BCUT2D eigenvalue weighted by molar-refractivity contribution is -0.146. The van der Waals surface area contributed by atoms with E-state index < -0.39 is 64.5 Å². The second-order valence-corrected chi connectivity index (χ2v) is 14.9. The number of alkyl carbamates (subject to hydrolysis) is 2. The number of hydrogen-bond acceptors (Lipinski definition) is 11. The summed E-state index contributed by atoms with van der Waals surface area (Å²) in [5, 5.41) is 14.2. The number of nitrogens with one attached hydrogen (secondary N) is 2. The van der Waals surface area contributed by atoms with E-state index >= 15 is 0 Å². The maximum absolute atomic E-state index is 14.1. The van der Waals surface area contributed by atoms with Crippen LogP contribution >= 0.6 is 0 Å². The molecule has 0 saturated heterocycles. The van der Waals surface area contributed by atoms with Crippen molar-refractivity contribution in [2.24, 2.45) is 5.92 Å². The lowest BCUT2D eigenvalue weighted by atomic mass is 9.97. The summed E-state index contributed by atoms with van der Waals surface area (Å²) < 4.78 is 21.3. The van der Waals surface area contributed by atoms with E-state index in [4.69, 9.17) is 18.9 Å². The van der Waals surface area contributed by atoms with Gasteiger partial charge in [-0.1, -0.05) is 12.8 Å². The van der Waals surface area contributed by atoms with E-state index in [0.717, 1.165) is 0 Å². The Morgan fingerprint density at radius 1 is 0.553 bits per heavy atom. The van der Waals surface area contributed by atoms with Gasteiger partial charge in [0, 0.05) is 32.8 Å². The summed E-state index contributed by atoms with van der Waals surface area (Å²) in [5.41, 5.74) is -3.60. The molecule has 0 unspecified atom stereocenters. The summed E-state index contributed by atoms with van der Waals surface area (Å²) in [4.78, 5) is 80.6. The Kier molecular flexibility index (Phi) is 17.2. The molecule has 0 aromatic carbocycles. The van der Waals surface area contributed by atoms with Crippen LogP contribution in [-0.4, -0.2) is 106 Å². The molecule has 47 heavy (non-hydrogen) atoms. The number of carbonyl (C=O) groups excluding carboxylic acids is 6. The molecule has 0 bridgehead atoms. The largest absolute Gasteiger partial charge is 0.444 e. The minimum atomic E-state index is -1.56. The Morgan fingerprint density at radius 3 is 1.19 bits per heavy atom. The molecule has 15 heteroatoms. The number of ether oxygens (including phenoxy) is 4. The van der Waals surface area contributed by atoms with Crippen LogP contribution < -0.4 is 10.6 Å². The summed E-state index contributed by atoms with van der Waals surface area (Å²) in [7, 11) is 0.